The van der Waals surface area contributed by atoms with E-state index in [2.05, 4.69) is 98.7 Å². The van der Waals surface area contributed by atoms with E-state index in [0.29, 0.717) is 0 Å². The molecule has 5 nitrogen and oxygen atoms in total. The van der Waals surface area contributed by atoms with Crippen molar-refractivity contribution in [2.45, 2.75) is 34.1 Å². The molecule has 1 heterocycles. The number of aromatic carboxylic acids is 2. The summed E-state index contributed by atoms with van der Waals surface area (Å²) in [7, 11) is 0. The van der Waals surface area contributed by atoms with Gasteiger partial charge >= 0.3 is 11.9 Å². The van der Waals surface area contributed by atoms with E-state index in [1.165, 1.54) is 64.2 Å². The number of H-pyrrole nitrogens is 1. The molecule has 0 saturated heterocycles. The van der Waals surface area contributed by atoms with Gasteiger partial charge in [0.2, 0.25) is 0 Å². The maximum Gasteiger partial charge on any atom is 0.335 e. The fourth-order valence-electron chi connectivity index (χ4n) is 4.26. The quantitative estimate of drug-likeness (QED) is 0.211. The van der Waals surface area contributed by atoms with Crippen LogP contribution in [0.1, 0.15) is 49.9 Å². The number of carboxylic acids is 2. The predicted molar refractivity (Wildman–Crippen MR) is 162 cm³/mol. The Bertz CT molecular complexity index is 1500. The van der Waals surface area contributed by atoms with Gasteiger partial charge in [0.25, 0.3) is 0 Å². The van der Waals surface area contributed by atoms with Crippen LogP contribution in [-0.2, 0) is 6.42 Å². The minimum Gasteiger partial charge on any atom is -0.478 e. The van der Waals surface area contributed by atoms with Gasteiger partial charge in [-0.2, -0.15) is 0 Å². The number of benzene rings is 4. The van der Waals surface area contributed by atoms with E-state index in [-0.39, 0.29) is 16.7 Å². The van der Waals surface area contributed by atoms with Gasteiger partial charge in [0.05, 0.1) is 16.8 Å². The summed E-state index contributed by atoms with van der Waals surface area (Å²) in [6, 6.07) is 33.8. The molecule has 0 unspecified atom stereocenters. The lowest BCUT2D eigenvalue weighted by molar-refractivity contribution is 0.0696. The van der Waals surface area contributed by atoms with Crippen LogP contribution in [0.25, 0.3) is 22.4 Å². The van der Waals surface area contributed by atoms with Crippen molar-refractivity contribution in [2.24, 2.45) is 0 Å². The van der Waals surface area contributed by atoms with E-state index in [1.807, 2.05) is 18.2 Å². The molecule has 5 rings (SSSR count). The van der Waals surface area contributed by atoms with E-state index >= 15 is 0 Å². The lowest BCUT2D eigenvalue weighted by Crippen LogP contribution is -2.06. The SMILES string of the molecule is CCc1c[nH]c(-c2ccc(C)cc2)c1-c1ccccc1.Cc1c(C(=O)O)cccc1C(=O)O.Cc1ccccc1. The molecule has 0 aliphatic heterocycles. The Morgan fingerprint density at radius 3 is 1.57 bits per heavy atom. The zero-order valence-electron chi connectivity index (χ0n) is 23.3. The largest absolute Gasteiger partial charge is 0.478 e. The molecule has 5 aromatic rings. The molecule has 3 N–H and O–H groups in total. The van der Waals surface area contributed by atoms with E-state index in [0.717, 1.165) is 6.42 Å². The Labute approximate surface area is 235 Å². The highest BCUT2D eigenvalue weighted by Crippen LogP contribution is 2.34. The third-order valence-corrected chi connectivity index (χ3v) is 6.48. The van der Waals surface area contributed by atoms with Crippen molar-refractivity contribution in [1.29, 1.82) is 0 Å². The second-order valence-corrected chi connectivity index (χ2v) is 9.39. The molecule has 0 fully saturated rings. The van der Waals surface area contributed by atoms with E-state index < -0.39 is 11.9 Å². The van der Waals surface area contributed by atoms with E-state index in [9.17, 15) is 9.59 Å². The van der Waals surface area contributed by atoms with Crippen LogP contribution in [0.5, 0.6) is 0 Å². The van der Waals surface area contributed by atoms with Gasteiger partial charge in [0.1, 0.15) is 0 Å². The fourth-order valence-corrected chi connectivity index (χ4v) is 4.26. The molecule has 0 aliphatic rings. The summed E-state index contributed by atoms with van der Waals surface area (Å²) in [5.41, 5.74) is 9.38. The Morgan fingerprint density at radius 2 is 1.12 bits per heavy atom. The number of aryl methyl sites for hydroxylation is 3. The summed E-state index contributed by atoms with van der Waals surface area (Å²) in [4.78, 5) is 24.7. The summed E-state index contributed by atoms with van der Waals surface area (Å²) in [6.45, 7) is 7.88. The summed E-state index contributed by atoms with van der Waals surface area (Å²) in [6.07, 6.45) is 3.17. The van der Waals surface area contributed by atoms with Crippen LogP contribution < -0.4 is 0 Å². The zero-order valence-corrected chi connectivity index (χ0v) is 23.3. The molecule has 0 aliphatic carbocycles. The number of carbonyl (C=O) groups is 2. The molecular weight excluding hydrogens is 498 g/mol. The smallest absolute Gasteiger partial charge is 0.335 e. The summed E-state index contributed by atoms with van der Waals surface area (Å²) < 4.78 is 0. The summed E-state index contributed by atoms with van der Waals surface area (Å²) in [5.74, 6) is -2.22. The number of hydrogen-bond acceptors (Lipinski definition) is 2. The second-order valence-electron chi connectivity index (χ2n) is 9.39. The molecule has 40 heavy (non-hydrogen) atoms. The van der Waals surface area contributed by atoms with Gasteiger partial charge in [-0.1, -0.05) is 109 Å². The third kappa shape index (κ3) is 7.81. The number of aromatic nitrogens is 1. The Hall–Kier alpha value is -4.90. The van der Waals surface area contributed by atoms with Gasteiger partial charge in [-0.05, 0) is 61.6 Å². The molecule has 0 saturated carbocycles. The van der Waals surface area contributed by atoms with Gasteiger partial charge < -0.3 is 15.2 Å². The molecule has 0 spiro atoms. The monoisotopic (exact) mass is 533 g/mol. The maximum atomic E-state index is 10.6. The molecule has 0 atom stereocenters. The average Bonchev–Trinajstić information content (AvgIpc) is 3.39. The Kier molecular flexibility index (Phi) is 10.6. The van der Waals surface area contributed by atoms with Crippen LogP contribution in [0.4, 0.5) is 0 Å². The first-order valence-corrected chi connectivity index (χ1v) is 13.1. The first-order chi connectivity index (χ1) is 19.2. The highest BCUT2D eigenvalue weighted by atomic mass is 16.4. The van der Waals surface area contributed by atoms with Crippen LogP contribution in [0, 0.1) is 20.8 Å². The Balaban J connectivity index is 0.000000188. The van der Waals surface area contributed by atoms with Crippen LogP contribution >= 0.6 is 0 Å². The van der Waals surface area contributed by atoms with Crippen molar-refractivity contribution in [2.75, 3.05) is 0 Å². The minimum absolute atomic E-state index is 0.0277. The van der Waals surface area contributed by atoms with Crippen LogP contribution in [0.15, 0.2) is 109 Å². The highest BCUT2D eigenvalue weighted by Gasteiger charge is 2.14. The molecule has 0 bridgehead atoms. The number of rotatable bonds is 5. The van der Waals surface area contributed by atoms with Crippen molar-refractivity contribution < 1.29 is 19.8 Å². The second kappa shape index (κ2) is 14.3. The van der Waals surface area contributed by atoms with E-state index in [4.69, 9.17) is 10.2 Å². The lowest BCUT2D eigenvalue weighted by Gasteiger charge is -2.08. The van der Waals surface area contributed by atoms with Gasteiger partial charge in [0, 0.05) is 11.8 Å². The normalized spacial score (nSPS) is 10.0. The Morgan fingerprint density at radius 1 is 0.625 bits per heavy atom. The lowest BCUT2D eigenvalue weighted by atomic mass is 9.96. The topological polar surface area (TPSA) is 90.4 Å². The molecule has 5 heteroatoms. The van der Waals surface area contributed by atoms with Crippen LogP contribution in [0.3, 0.4) is 0 Å². The van der Waals surface area contributed by atoms with Crippen molar-refractivity contribution in [3.63, 3.8) is 0 Å². The molecular formula is C35H35NO4. The van der Waals surface area contributed by atoms with Gasteiger partial charge in [-0.15, -0.1) is 0 Å². The fraction of sp³-hybridized carbons (Fsp3) is 0.143. The first-order valence-electron chi connectivity index (χ1n) is 13.1. The molecule has 204 valence electrons. The predicted octanol–water partition coefficient (Wildman–Crippen LogP) is 8.61. The minimum atomic E-state index is -1.11. The molecule has 0 amide bonds. The molecule has 4 aromatic carbocycles. The van der Waals surface area contributed by atoms with Crippen molar-refractivity contribution >= 4 is 11.9 Å². The number of carboxylic acid groups (broad SMARTS) is 2. The third-order valence-electron chi connectivity index (χ3n) is 6.48. The molecule has 1 aromatic heterocycles. The molecule has 0 radical (unpaired) electrons. The van der Waals surface area contributed by atoms with Gasteiger partial charge in [-0.25, -0.2) is 9.59 Å². The van der Waals surface area contributed by atoms with Crippen LogP contribution in [-0.4, -0.2) is 27.1 Å². The van der Waals surface area contributed by atoms with Crippen LogP contribution in [0.2, 0.25) is 0 Å². The van der Waals surface area contributed by atoms with Gasteiger partial charge in [0.15, 0.2) is 0 Å². The standard InChI is InChI=1S/C19H19N.C9H8O4.C7H8/c1-3-15-13-20-19(17-11-9-14(2)10-12-17)18(15)16-7-5-4-6-8-16;1-5-6(8(10)11)3-2-4-7(5)9(12)13;1-7-5-3-2-4-6-7/h4-13,20H,3H2,1-2H3;2-4H,1H3,(H,10,11)(H,12,13);2-6H,1H3. The number of hydrogen-bond donors (Lipinski definition) is 3. The number of nitrogens with one attached hydrogen (secondary N) is 1. The zero-order chi connectivity index (χ0) is 29.1. The van der Waals surface area contributed by atoms with Gasteiger partial charge in [-0.3, -0.25) is 0 Å². The van der Waals surface area contributed by atoms with Crippen molar-refractivity contribution in [3.05, 3.63) is 143 Å². The first kappa shape index (κ1) is 29.7. The maximum absolute atomic E-state index is 10.6. The summed E-state index contributed by atoms with van der Waals surface area (Å²) in [5, 5.41) is 17.4. The highest BCUT2D eigenvalue weighted by molar-refractivity contribution is 5.96. The van der Waals surface area contributed by atoms with Crippen molar-refractivity contribution in [3.8, 4) is 22.4 Å². The van der Waals surface area contributed by atoms with E-state index in [1.54, 1.807) is 0 Å². The van der Waals surface area contributed by atoms with Crippen molar-refractivity contribution in [1.82, 2.24) is 4.98 Å². The summed E-state index contributed by atoms with van der Waals surface area (Å²) >= 11 is 0. The average molecular weight is 534 g/mol. The number of aromatic amines is 1.